The summed E-state index contributed by atoms with van der Waals surface area (Å²) in [6.07, 6.45) is -0.342. The molecular weight excluding hydrogens is 426 g/mol. The number of sulfonamides is 1. The minimum absolute atomic E-state index is 0.0971. The summed E-state index contributed by atoms with van der Waals surface area (Å²) in [6.45, 7) is 0. The predicted molar refractivity (Wildman–Crippen MR) is 112 cm³/mol. The van der Waals surface area contributed by atoms with E-state index in [2.05, 4.69) is 4.72 Å². The van der Waals surface area contributed by atoms with Gasteiger partial charge in [0.05, 0.1) is 16.2 Å². The third kappa shape index (κ3) is 5.19. The van der Waals surface area contributed by atoms with Gasteiger partial charge >= 0.3 is 5.97 Å². The molecule has 2 aromatic carbocycles. The molecule has 0 atom stereocenters. The number of hydrogen-bond acceptors (Lipinski definition) is 6. The second-order valence-electron chi connectivity index (χ2n) is 6.37. The number of ketones is 2. The molecule has 3 aromatic rings. The second-order valence-corrected chi connectivity index (χ2v) is 9.10. The summed E-state index contributed by atoms with van der Waals surface area (Å²) in [5, 5.41) is 8.79. The first-order chi connectivity index (χ1) is 14.3. The second kappa shape index (κ2) is 9.02. The van der Waals surface area contributed by atoms with Crippen molar-refractivity contribution in [2.45, 2.75) is 17.7 Å². The molecule has 1 aromatic heterocycles. The number of nitrogens with one attached hydrogen (secondary N) is 1. The highest BCUT2D eigenvalue weighted by Gasteiger charge is 2.22. The molecule has 0 unspecified atom stereocenters. The van der Waals surface area contributed by atoms with E-state index in [0.717, 1.165) is 16.9 Å². The maximum atomic E-state index is 12.9. The summed E-state index contributed by atoms with van der Waals surface area (Å²) in [7, 11) is -3.92. The number of carbonyl (C=O) groups excluding carboxylic acids is 2. The van der Waals surface area contributed by atoms with Gasteiger partial charge in [-0.3, -0.25) is 14.3 Å². The average Bonchev–Trinajstić information content (AvgIpc) is 3.17. The van der Waals surface area contributed by atoms with Crippen LogP contribution < -0.4 is 4.72 Å². The minimum Gasteiger partial charge on any atom is -0.475 e. The maximum Gasteiger partial charge on any atom is 0.372 e. The molecule has 9 heteroatoms. The summed E-state index contributed by atoms with van der Waals surface area (Å²) < 4.78 is 28.3. The van der Waals surface area contributed by atoms with Crippen LogP contribution in [-0.2, 0) is 26.0 Å². The number of Topliss-reactive ketones (excluding diaryl/α,β-unsaturated/α-hetero) is 2. The minimum atomic E-state index is -3.92. The number of carbonyl (C=O) groups is 3. The number of hydrogen-bond donors (Lipinski definition) is 2. The lowest BCUT2D eigenvalue weighted by Crippen LogP contribution is -2.16. The SMILES string of the molecule is O=C(O)C(=O)CC(=O)c1ccc(NS(=O)(=O)c2ccccc2Cc2ccccc2)s1. The van der Waals surface area contributed by atoms with Crippen molar-refractivity contribution < 1.29 is 27.9 Å². The Balaban J connectivity index is 1.80. The lowest BCUT2D eigenvalue weighted by atomic mass is 10.1. The summed E-state index contributed by atoms with van der Waals surface area (Å²) in [6, 6.07) is 18.9. The van der Waals surface area contributed by atoms with Gasteiger partial charge in [-0.05, 0) is 35.7 Å². The van der Waals surface area contributed by atoms with E-state index in [-0.39, 0.29) is 14.8 Å². The molecule has 30 heavy (non-hydrogen) atoms. The van der Waals surface area contributed by atoms with E-state index < -0.39 is 34.0 Å². The van der Waals surface area contributed by atoms with Gasteiger partial charge in [0.1, 0.15) is 5.00 Å². The van der Waals surface area contributed by atoms with Crippen molar-refractivity contribution in [3.8, 4) is 0 Å². The Morgan fingerprint density at radius 1 is 0.900 bits per heavy atom. The van der Waals surface area contributed by atoms with Gasteiger partial charge < -0.3 is 5.11 Å². The number of anilines is 1. The van der Waals surface area contributed by atoms with Crippen LogP contribution >= 0.6 is 11.3 Å². The Bertz CT molecular complexity index is 1200. The number of carboxylic acids is 1. The fourth-order valence-electron chi connectivity index (χ4n) is 2.77. The van der Waals surface area contributed by atoms with Crippen molar-refractivity contribution in [2.75, 3.05) is 4.72 Å². The van der Waals surface area contributed by atoms with Crippen LogP contribution in [0.2, 0.25) is 0 Å². The monoisotopic (exact) mass is 443 g/mol. The van der Waals surface area contributed by atoms with Crippen molar-refractivity contribution in [2.24, 2.45) is 0 Å². The Hall–Kier alpha value is -3.30. The van der Waals surface area contributed by atoms with E-state index in [1.807, 2.05) is 30.3 Å². The van der Waals surface area contributed by atoms with E-state index in [0.29, 0.717) is 12.0 Å². The van der Waals surface area contributed by atoms with Gasteiger partial charge in [0, 0.05) is 0 Å². The molecule has 1 heterocycles. The largest absolute Gasteiger partial charge is 0.475 e. The van der Waals surface area contributed by atoms with Crippen LogP contribution in [0.15, 0.2) is 71.6 Å². The molecule has 0 aliphatic rings. The van der Waals surface area contributed by atoms with Gasteiger partial charge in [0.2, 0.25) is 5.78 Å². The van der Waals surface area contributed by atoms with Crippen molar-refractivity contribution >= 4 is 43.9 Å². The third-order valence-electron chi connectivity index (χ3n) is 4.17. The van der Waals surface area contributed by atoms with Gasteiger partial charge in [-0.1, -0.05) is 48.5 Å². The van der Waals surface area contributed by atoms with Crippen molar-refractivity contribution in [1.29, 1.82) is 0 Å². The Morgan fingerprint density at radius 2 is 1.57 bits per heavy atom. The molecule has 0 aliphatic heterocycles. The zero-order chi connectivity index (χ0) is 21.7. The highest BCUT2D eigenvalue weighted by molar-refractivity contribution is 7.93. The van der Waals surface area contributed by atoms with E-state index in [1.54, 1.807) is 18.2 Å². The van der Waals surface area contributed by atoms with Crippen LogP contribution in [0, 0.1) is 0 Å². The molecule has 0 saturated heterocycles. The first-order valence-electron chi connectivity index (χ1n) is 8.80. The Kier molecular flexibility index (Phi) is 6.43. The number of rotatable bonds is 9. The highest BCUT2D eigenvalue weighted by atomic mass is 32.2. The summed E-state index contributed by atoms with van der Waals surface area (Å²) in [5.41, 5.74) is 1.59. The maximum absolute atomic E-state index is 12.9. The fraction of sp³-hybridized carbons (Fsp3) is 0.0952. The molecule has 154 valence electrons. The van der Waals surface area contributed by atoms with Gasteiger partial charge in [-0.2, -0.15) is 0 Å². The lowest BCUT2D eigenvalue weighted by Gasteiger charge is -2.11. The zero-order valence-electron chi connectivity index (χ0n) is 15.6. The normalized spacial score (nSPS) is 11.1. The Morgan fingerprint density at radius 3 is 2.27 bits per heavy atom. The zero-order valence-corrected chi connectivity index (χ0v) is 17.2. The quantitative estimate of drug-likeness (QED) is 0.297. The number of benzene rings is 2. The van der Waals surface area contributed by atoms with Crippen molar-refractivity contribution in [3.05, 3.63) is 82.7 Å². The van der Waals surface area contributed by atoms with Crippen LogP contribution in [-0.4, -0.2) is 31.1 Å². The molecule has 0 bridgehead atoms. The predicted octanol–water partition coefficient (Wildman–Crippen LogP) is 3.37. The van der Waals surface area contributed by atoms with Gasteiger partial charge in [0.15, 0.2) is 5.78 Å². The smallest absolute Gasteiger partial charge is 0.372 e. The third-order valence-corrected chi connectivity index (χ3v) is 6.81. The van der Waals surface area contributed by atoms with Gasteiger partial charge in [0.25, 0.3) is 10.0 Å². The molecule has 3 rings (SSSR count). The number of carboxylic acid groups (broad SMARTS) is 1. The topological polar surface area (TPSA) is 118 Å². The molecular formula is C21H17NO6S2. The van der Waals surface area contributed by atoms with E-state index in [4.69, 9.17) is 5.11 Å². The fourth-order valence-corrected chi connectivity index (χ4v) is 5.14. The number of aliphatic carboxylic acids is 1. The van der Waals surface area contributed by atoms with Crippen molar-refractivity contribution in [3.63, 3.8) is 0 Å². The van der Waals surface area contributed by atoms with E-state index in [9.17, 15) is 22.8 Å². The van der Waals surface area contributed by atoms with Crippen LogP contribution in [0.25, 0.3) is 0 Å². The molecule has 0 radical (unpaired) electrons. The molecule has 0 spiro atoms. The molecule has 0 aliphatic carbocycles. The standard InChI is InChI=1S/C21H17NO6S2/c23-16(13-17(24)21(25)26)18-10-11-20(29-18)22-30(27,28)19-9-5-4-8-15(19)12-14-6-2-1-3-7-14/h1-11,22H,12-13H2,(H,25,26). The Labute approximate surface area is 177 Å². The van der Waals surface area contributed by atoms with E-state index >= 15 is 0 Å². The molecule has 0 fully saturated rings. The molecule has 0 saturated carbocycles. The first kappa shape index (κ1) is 21.4. The van der Waals surface area contributed by atoms with Gasteiger partial charge in [-0.15, -0.1) is 11.3 Å². The highest BCUT2D eigenvalue weighted by Crippen LogP contribution is 2.27. The summed E-state index contributed by atoms with van der Waals surface area (Å²) in [5.74, 6) is -3.58. The molecule has 2 N–H and O–H groups in total. The average molecular weight is 444 g/mol. The van der Waals surface area contributed by atoms with Crippen LogP contribution in [0.4, 0.5) is 5.00 Å². The summed E-state index contributed by atoms with van der Waals surface area (Å²) >= 11 is 0.841. The van der Waals surface area contributed by atoms with E-state index in [1.165, 1.54) is 18.2 Å². The summed E-state index contributed by atoms with van der Waals surface area (Å²) in [4.78, 5) is 34.0. The lowest BCUT2D eigenvalue weighted by molar-refractivity contribution is -0.148. The van der Waals surface area contributed by atoms with Crippen LogP contribution in [0.1, 0.15) is 27.2 Å². The molecule has 0 amide bonds. The van der Waals surface area contributed by atoms with Crippen LogP contribution in [0.3, 0.4) is 0 Å². The molecule has 7 nitrogen and oxygen atoms in total. The number of thiophene rings is 1. The van der Waals surface area contributed by atoms with Gasteiger partial charge in [-0.25, -0.2) is 13.2 Å². The first-order valence-corrected chi connectivity index (χ1v) is 11.1. The van der Waals surface area contributed by atoms with Crippen molar-refractivity contribution in [1.82, 2.24) is 0 Å². The van der Waals surface area contributed by atoms with Crippen LogP contribution in [0.5, 0.6) is 0 Å².